The zero-order chi connectivity index (χ0) is 13.9. The minimum absolute atomic E-state index is 0.807. The van der Waals surface area contributed by atoms with Gasteiger partial charge in [0.15, 0.2) is 5.13 Å². The fraction of sp³-hybridized carbons (Fsp3) is 0.800. The van der Waals surface area contributed by atoms with Crippen LogP contribution in [-0.4, -0.2) is 49.2 Å². The number of anilines is 1. The fourth-order valence-corrected chi connectivity index (χ4v) is 4.46. The Hall–Kier alpha value is -0.650. The summed E-state index contributed by atoms with van der Waals surface area (Å²) in [7, 11) is 2.30. The predicted molar refractivity (Wildman–Crippen MR) is 85.5 cm³/mol. The van der Waals surface area contributed by atoms with Crippen LogP contribution in [-0.2, 0) is 6.54 Å². The first-order valence-electron chi connectivity index (χ1n) is 7.88. The summed E-state index contributed by atoms with van der Waals surface area (Å²) in [4.78, 5) is 9.88. The zero-order valence-corrected chi connectivity index (χ0v) is 13.5. The lowest BCUT2D eigenvalue weighted by Gasteiger charge is -2.45. The number of hydrogen-bond acceptors (Lipinski definition) is 5. The lowest BCUT2D eigenvalue weighted by atomic mass is 9.84. The van der Waals surface area contributed by atoms with Crippen LogP contribution < -0.4 is 10.2 Å². The number of nitrogens with zero attached hydrogens (tertiary/aromatic N) is 3. The molecule has 2 saturated heterocycles. The van der Waals surface area contributed by atoms with Crippen molar-refractivity contribution in [2.24, 2.45) is 5.92 Å². The molecule has 0 bridgehead atoms. The largest absolute Gasteiger partial charge is 0.348 e. The number of nitrogens with one attached hydrogen (secondary N) is 1. The van der Waals surface area contributed by atoms with E-state index in [9.17, 15) is 0 Å². The number of thiazole rings is 1. The first-order valence-corrected chi connectivity index (χ1v) is 8.76. The SMILES string of the molecule is CCNCc1csc(N2CCC3C(CCCN3C)C2)n1. The summed E-state index contributed by atoms with van der Waals surface area (Å²) in [5.74, 6) is 0.837. The van der Waals surface area contributed by atoms with Crippen molar-refractivity contribution >= 4 is 16.5 Å². The van der Waals surface area contributed by atoms with E-state index in [2.05, 4.69) is 34.5 Å². The zero-order valence-electron chi connectivity index (χ0n) is 12.6. The van der Waals surface area contributed by atoms with E-state index in [0.717, 1.165) is 25.0 Å². The third kappa shape index (κ3) is 3.00. The Morgan fingerprint density at radius 1 is 1.40 bits per heavy atom. The molecule has 3 rings (SSSR count). The Morgan fingerprint density at radius 3 is 3.15 bits per heavy atom. The van der Waals surface area contributed by atoms with Gasteiger partial charge in [-0.3, -0.25) is 0 Å². The van der Waals surface area contributed by atoms with Gasteiger partial charge in [0, 0.05) is 31.1 Å². The van der Waals surface area contributed by atoms with Crippen LogP contribution >= 0.6 is 11.3 Å². The van der Waals surface area contributed by atoms with Crippen molar-refractivity contribution in [3.63, 3.8) is 0 Å². The molecule has 20 heavy (non-hydrogen) atoms. The number of piperidine rings is 2. The summed E-state index contributed by atoms with van der Waals surface area (Å²) in [5.41, 5.74) is 1.19. The minimum atomic E-state index is 0.807. The quantitative estimate of drug-likeness (QED) is 0.922. The van der Waals surface area contributed by atoms with E-state index in [1.807, 2.05) is 11.3 Å². The average Bonchev–Trinajstić information content (AvgIpc) is 2.94. The normalized spacial score (nSPS) is 27.6. The number of hydrogen-bond donors (Lipinski definition) is 1. The van der Waals surface area contributed by atoms with Crippen LogP contribution in [0.1, 0.15) is 31.9 Å². The van der Waals surface area contributed by atoms with Gasteiger partial charge in [-0.15, -0.1) is 11.3 Å². The van der Waals surface area contributed by atoms with Gasteiger partial charge in [0.2, 0.25) is 0 Å². The summed E-state index contributed by atoms with van der Waals surface area (Å²) in [6.45, 7) is 7.69. The highest BCUT2D eigenvalue weighted by Gasteiger charge is 2.34. The Bertz CT molecular complexity index is 433. The van der Waals surface area contributed by atoms with Gasteiger partial charge in [-0.05, 0) is 45.3 Å². The van der Waals surface area contributed by atoms with E-state index in [1.54, 1.807) is 0 Å². The molecule has 0 spiro atoms. The van der Waals surface area contributed by atoms with Crippen LogP contribution in [0.25, 0.3) is 0 Å². The molecule has 5 heteroatoms. The van der Waals surface area contributed by atoms with Crippen molar-refractivity contribution in [3.05, 3.63) is 11.1 Å². The number of rotatable bonds is 4. The second-order valence-corrected chi connectivity index (χ2v) is 6.92. The lowest BCUT2D eigenvalue weighted by molar-refractivity contribution is 0.102. The van der Waals surface area contributed by atoms with Crippen LogP contribution in [0.4, 0.5) is 5.13 Å². The molecule has 1 N–H and O–H groups in total. The Labute approximate surface area is 126 Å². The Balaban J connectivity index is 1.62. The summed E-state index contributed by atoms with van der Waals surface area (Å²) >= 11 is 1.81. The molecular weight excluding hydrogens is 268 g/mol. The standard InChI is InChI=1S/C15H26N4S/c1-3-16-9-13-11-20-15(17-13)19-8-6-14-12(10-19)5-4-7-18(14)2/h11-12,14,16H,3-10H2,1-2H3. The van der Waals surface area contributed by atoms with Gasteiger partial charge >= 0.3 is 0 Å². The van der Waals surface area contributed by atoms with Gasteiger partial charge in [0.1, 0.15) is 0 Å². The highest BCUT2D eigenvalue weighted by atomic mass is 32.1. The molecule has 2 atom stereocenters. The Morgan fingerprint density at radius 2 is 2.30 bits per heavy atom. The minimum Gasteiger partial charge on any atom is -0.348 e. The van der Waals surface area contributed by atoms with Gasteiger partial charge < -0.3 is 15.1 Å². The van der Waals surface area contributed by atoms with Crippen LogP contribution in [0.3, 0.4) is 0 Å². The van der Waals surface area contributed by atoms with Crippen LogP contribution in [0.15, 0.2) is 5.38 Å². The van der Waals surface area contributed by atoms with Crippen molar-refractivity contribution in [2.75, 3.05) is 38.1 Å². The number of likely N-dealkylation sites (tertiary alicyclic amines) is 1. The van der Waals surface area contributed by atoms with Crippen LogP contribution in [0.5, 0.6) is 0 Å². The third-order valence-electron chi connectivity index (χ3n) is 4.71. The molecule has 0 aromatic carbocycles. The first kappa shape index (κ1) is 14.3. The Kier molecular flexibility index (Phi) is 4.58. The third-order valence-corrected chi connectivity index (χ3v) is 5.66. The summed E-state index contributed by atoms with van der Waals surface area (Å²) < 4.78 is 0. The van der Waals surface area contributed by atoms with Crippen molar-refractivity contribution in [1.82, 2.24) is 15.2 Å². The molecule has 4 nitrogen and oxygen atoms in total. The monoisotopic (exact) mass is 294 g/mol. The van der Waals surface area contributed by atoms with Crippen molar-refractivity contribution in [1.29, 1.82) is 0 Å². The predicted octanol–water partition coefficient (Wildman–Crippen LogP) is 2.17. The topological polar surface area (TPSA) is 31.4 Å². The van der Waals surface area contributed by atoms with Gasteiger partial charge in [-0.2, -0.15) is 0 Å². The smallest absolute Gasteiger partial charge is 0.185 e. The van der Waals surface area contributed by atoms with Crippen molar-refractivity contribution in [3.8, 4) is 0 Å². The molecular formula is C15H26N4S. The molecule has 3 heterocycles. The molecule has 2 aliphatic rings. The van der Waals surface area contributed by atoms with Gasteiger partial charge in [-0.25, -0.2) is 4.98 Å². The van der Waals surface area contributed by atoms with Gasteiger partial charge in [-0.1, -0.05) is 6.92 Å². The molecule has 2 unspecified atom stereocenters. The molecule has 1 aromatic rings. The molecule has 0 aliphatic carbocycles. The van der Waals surface area contributed by atoms with Gasteiger partial charge in [0.25, 0.3) is 0 Å². The molecule has 0 amide bonds. The van der Waals surface area contributed by atoms with Crippen molar-refractivity contribution < 1.29 is 0 Å². The second kappa shape index (κ2) is 6.41. The van der Waals surface area contributed by atoms with Crippen molar-refractivity contribution in [2.45, 2.75) is 38.8 Å². The maximum Gasteiger partial charge on any atom is 0.185 e. The summed E-state index contributed by atoms with van der Waals surface area (Å²) in [5, 5.41) is 6.78. The lowest BCUT2D eigenvalue weighted by Crippen LogP contribution is -2.52. The number of aromatic nitrogens is 1. The average molecular weight is 294 g/mol. The van der Waals surface area contributed by atoms with E-state index < -0.39 is 0 Å². The molecule has 2 aliphatic heterocycles. The first-order chi connectivity index (χ1) is 9.78. The molecule has 0 saturated carbocycles. The fourth-order valence-electron chi connectivity index (χ4n) is 3.60. The van der Waals surface area contributed by atoms with Gasteiger partial charge in [0.05, 0.1) is 5.69 Å². The maximum atomic E-state index is 4.80. The highest BCUT2D eigenvalue weighted by Crippen LogP contribution is 2.33. The maximum absolute atomic E-state index is 4.80. The van der Waals surface area contributed by atoms with E-state index in [0.29, 0.717) is 0 Å². The van der Waals surface area contributed by atoms with E-state index >= 15 is 0 Å². The van der Waals surface area contributed by atoms with Crippen LogP contribution in [0, 0.1) is 5.92 Å². The van der Waals surface area contributed by atoms with E-state index in [1.165, 1.54) is 49.7 Å². The van der Waals surface area contributed by atoms with E-state index in [4.69, 9.17) is 4.98 Å². The summed E-state index contributed by atoms with van der Waals surface area (Å²) in [6.07, 6.45) is 4.04. The van der Waals surface area contributed by atoms with Crippen LogP contribution in [0.2, 0.25) is 0 Å². The molecule has 0 radical (unpaired) electrons. The molecule has 112 valence electrons. The summed E-state index contributed by atoms with van der Waals surface area (Å²) in [6, 6.07) is 0.807. The number of fused-ring (bicyclic) bond motifs is 1. The molecule has 2 fully saturated rings. The van der Waals surface area contributed by atoms with E-state index in [-0.39, 0.29) is 0 Å². The molecule has 1 aromatic heterocycles. The highest BCUT2D eigenvalue weighted by molar-refractivity contribution is 7.13. The second-order valence-electron chi connectivity index (χ2n) is 6.09.